The molecule has 0 aliphatic carbocycles. The molecule has 0 aliphatic heterocycles. The molecule has 16 atom stereocenters. The van der Waals surface area contributed by atoms with Crippen LogP contribution >= 0.6 is 0 Å². The summed E-state index contributed by atoms with van der Waals surface area (Å²) in [5.41, 5.74) is 58.0. The lowest BCUT2D eigenvalue weighted by Gasteiger charge is -2.34. The lowest BCUT2D eigenvalue weighted by Crippen LogP contribution is -2.44. The van der Waals surface area contributed by atoms with Crippen molar-refractivity contribution in [3.05, 3.63) is 209 Å². The summed E-state index contributed by atoms with van der Waals surface area (Å²) in [6, 6.07) is 64.1. The number of amides is 9. The number of primary amides is 7. The highest BCUT2D eigenvalue weighted by Gasteiger charge is 2.40. The van der Waals surface area contributed by atoms with Crippen molar-refractivity contribution in [1.82, 2.24) is 42.0 Å². The van der Waals surface area contributed by atoms with Gasteiger partial charge >= 0.3 is 0 Å². The van der Waals surface area contributed by atoms with Gasteiger partial charge in [0, 0.05) is 53.3 Å². The standard InChI is InChI=1S/C107H158N16O9/c1-69(73-26-40-92(41-27-73)117(5,6)7)54-80(75-30-44-94(45-31-75)119(11,12)13)58-81(76-32-46-95(47-33-76)120(14,15)16)59-82(77-34-48-96(49-35-77)121(17,18)19)60-83(78-36-50-97(51-37-78)122(20,21)22)61-84(79-38-52-98(53-39-79)123(23,24)25)62-90(55-70(2)74-28-42-93(43-29-74)118(8,9)10)106(131)115-68-116-107(132)91(66-86(102(111)127)57-72(4)100(109)125)67-89(105(114)130)65-88(104(113)129)64-87(103(112)128)63-85(101(110)126)56-71(3)99(108)124/h26-53,69-72,80-91H,54-68H2,1-25H3,(H9-7,108,109,110,111,112,113,114,115,116,124,125,126,127,128,129,130,131,132)/p+7. The lowest BCUT2D eigenvalue weighted by molar-refractivity contribution is -0.130. The zero-order valence-corrected chi connectivity index (χ0v) is 84.4. The Balaban J connectivity index is 1.40. The summed E-state index contributed by atoms with van der Waals surface area (Å²) < 4.78 is 4.48. The number of rotatable bonds is 53. The molecule has 132 heavy (non-hydrogen) atoms. The van der Waals surface area contributed by atoms with Crippen LogP contribution in [-0.2, 0) is 43.2 Å². The average molecular weight is 1820 g/mol. The van der Waals surface area contributed by atoms with Crippen LogP contribution in [0.4, 0.5) is 39.8 Å². The number of quaternary nitrogens is 7. The van der Waals surface area contributed by atoms with Crippen molar-refractivity contribution in [2.24, 2.45) is 93.4 Å². The fraction of sp³-hybridized carbons (Fsp3) is 0.523. The first kappa shape index (κ1) is 109. The first-order chi connectivity index (χ1) is 61.1. The number of nitrogens with one attached hydrogen (secondary N) is 2. The molecule has 25 nitrogen and oxygen atoms in total. The number of nitrogens with two attached hydrogens (primary N) is 7. The maximum Gasteiger partial charge on any atom is 0.224 e. The van der Waals surface area contributed by atoms with Crippen LogP contribution in [0.15, 0.2) is 170 Å². The highest BCUT2D eigenvalue weighted by molar-refractivity contribution is 5.86. The van der Waals surface area contributed by atoms with Gasteiger partial charge in [-0.1, -0.05) is 113 Å². The van der Waals surface area contributed by atoms with Crippen LogP contribution in [0.5, 0.6) is 0 Å². The van der Waals surface area contributed by atoms with Gasteiger partial charge in [0.1, 0.15) is 39.8 Å². The van der Waals surface area contributed by atoms with E-state index in [-0.39, 0.29) is 79.4 Å². The van der Waals surface area contributed by atoms with Gasteiger partial charge in [0.05, 0.1) is 155 Å². The minimum absolute atomic E-state index is 0.0121. The normalized spacial score (nSPS) is 16.2. The van der Waals surface area contributed by atoms with E-state index in [2.05, 4.69) is 342 Å². The van der Waals surface area contributed by atoms with Crippen molar-refractivity contribution in [2.75, 3.05) is 155 Å². The molecule has 16 unspecified atom stereocenters. The zero-order valence-electron chi connectivity index (χ0n) is 84.4. The molecule has 7 aromatic carbocycles. The topological polar surface area (TPSA) is 360 Å². The van der Waals surface area contributed by atoms with Crippen LogP contribution in [-0.4, -0.2) is 208 Å². The molecule has 7 rings (SSSR count). The first-order valence-corrected chi connectivity index (χ1v) is 47.1. The Morgan fingerprint density at radius 3 is 0.568 bits per heavy atom. The second-order valence-electron chi connectivity index (χ2n) is 44.6. The minimum Gasteiger partial charge on any atom is -0.369 e. The van der Waals surface area contributed by atoms with Gasteiger partial charge in [-0.2, -0.15) is 0 Å². The van der Waals surface area contributed by atoms with Gasteiger partial charge in [0.15, 0.2) is 0 Å². The minimum atomic E-state index is -1.34. The average Bonchev–Trinajstić information content (AvgIpc) is 0.799. The first-order valence-electron chi connectivity index (χ1n) is 47.1. The van der Waals surface area contributed by atoms with E-state index in [0.29, 0.717) is 46.2 Å². The van der Waals surface area contributed by atoms with Crippen LogP contribution in [0, 0.1) is 53.3 Å². The van der Waals surface area contributed by atoms with Crippen LogP contribution < -0.4 is 82.2 Å². The van der Waals surface area contributed by atoms with Crippen LogP contribution in [0.3, 0.4) is 0 Å². The molecule has 0 saturated carbocycles. The quantitative estimate of drug-likeness (QED) is 0.0129. The Morgan fingerprint density at radius 1 is 0.205 bits per heavy atom. The molecule has 0 saturated heterocycles. The van der Waals surface area contributed by atoms with Gasteiger partial charge in [0.2, 0.25) is 53.2 Å². The molecule has 0 aromatic heterocycles. The molecule has 0 radical (unpaired) electrons. The van der Waals surface area contributed by atoms with E-state index in [1.165, 1.54) is 64.4 Å². The Labute approximate surface area is 789 Å². The van der Waals surface area contributed by atoms with E-state index in [0.717, 1.165) is 58.4 Å². The van der Waals surface area contributed by atoms with Crippen molar-refractivity contribution < 1.29 is 43.2 Å². The Kier molecular flexibility index (Phi) is 37.8. The second-order valence-corrected chi connectivity index (χ2v) is 44.6. The van der Waals surface area contributed by atoms with Gasteiger partial charge in [-0.3, -0.25) is 74.5 Å². The largest absolute Gasteiger partial charge is 0.369 e. The predicted molar refractivity (Wildman–Crippen MR) is 546 cm³/mol. The summed E-state index contributed by atoms with van der Waals surface area (Å²) >= 11 is 0. The number of carbonyl (C=O) groups is 9. The molecular weight excluding hydrogens is 1650 g/mol. The fourth-order valence-corrected chi connectivity index (χ4v) is 18.7. The number of hydrogen-bond donors (Lipinski definition) is 9. The molecule has 9 amide bonds. The number of benzene rings is 7. The van der Waals surface area contributed by atoms with E-state index in [1.807, 2.05) is 0 Å². The summed E-state index contributed by atoms with van der Waals surface area (Å²) in [7, 11) is 45.9. The smallest absolute Gasteiger partial charge is 0.224 e. The van der Waals surface area contributed by atoms with E-state index in [1.54, 1.807) is 0 Å². The Bertz CT molecular complexity index is 4970. The molecule has 7 aromatic rings. The van der Waals surface area contributed by atoms with E-state index < -0.39 is 120 Å². The van der Waals surface area contributed by atoms with Gasteiger partial charge in [-0.05, 0) is 255 Å². The zero-order chi connectivity index (χ0) is 98.8. The molecule has 720 valence electrons. The Hall–Kier alpha value is -10.5. The lowest BCUT2D eigenvalue weighted by atomic mass is 9.71. The molecular formula is C107H165N16O9+7. The monoisotopic (exact) mass is 1820 g/mol. The van der Waals surface area contributed by atoms with Crippen molar-refractivity contribution in [2.45, 2.75) is 159 Å². The van der Waals surface area contributed by atoms with Gasteiger partial charge in [-0.25, -0.2) is 0 Å². The second kappa shape index (κ2) is 46.0. The number of hydrogen-bond acceptors (Lipinski definition) is 9. The molecule has 0 heterocycles. The summed E-state index contributed by atoms with van der Waals surface area (Å²) in [5.74, 6) is -16.9. The van der Waals surface area contributed by atoms with E-state index >= 15 is 9.59 Å². The third kappa shape index (κ3) is 32.4. The number of carbonyl (C=O) groups excluding carboxylic acids is 9. The maximum atomic E-state index is 16.2. The van der Waals surface area contributed by atoms with Crippen molar-refractivity contribution in [3.8, 4) is 0 Å². The van der Waals surface area contributed by atoms with Crippen molar-refractivity contribution >= 4 is 93.0 Å². The maximum absolute atomic E-state index is 16.2. The predicted octanol–water partition coefficient (Wildman–Crippen LogP) is 13.5. The van der Waals surface area contributed by atoms with Crippen molar-refractivity contribution in [3.63, 3.8) is 0 Å². The molecule has 0 fully saturated rings. The summed E-state index contributed by atoms with van der Waals surface area (Å²) in [6.45, 7) is 7.16. The van der Waals surface area contributed by atoms with E-state index in [9.17, 15) is 33.6 Å². The SMILES string of the molecule is CC(CC(CC(CC(CC(CC(CC(CC(C)C(N)=O)C(N)=O)C(=O)NCNC(=O)C(CC(C)c1ccc([N+](C)(C)C)cc1)CC(CC(CC(CC(CC(CC(C)c1ccc([N+](C)(C)C)cc1)c1ccc([N+](C)(C)C)cc1)c1ccc([N+](C)(C)C)cc1)c1ccc([N+](C)(C)C)cc1)c1ccc([N+](C)(C)C)cc1)c1ccc([N+](C)(C)C)cc1)C(N)=O)C(N)=O)C(N)=O)C(N)=O)C(N)=O. The van der Waals surface area contributed by atoms with Gasteiger partial charge in [-0.15, -0.1) is 0 Å². The molecule has 0 bridgehead atoms. The van der Waals surface area contributed by atoms with Crippen LogP contribution in [0.2, 0.25) is 0 Å². The molecule has 16 N–H and O–H groups in total. The van der Waals surface area contributed by atoms with Gasteiger partial charge < -0.3 is 50.8 Å². The Morgan fingerprint density at radius 2 is 0.371 bits per heavy atom. The summed E-state index contributed by atoms with van der Waals surface area (Å²) in [4.78, 5) is 123. The third-order valence-corrected chi connectivity index (χ3v) is 27.7. The van der Waals surface area contributed by atoms with Gasteiger partial charge in [0.25, 0.3) is 0 Å². The summed E-state index contributed by atoms with van der Waals surface area (Å²) in [6.07, 6.45) is 2.68. The van der Waals surface area contributed by atoms with Crippen LogP contribution in [0.25, 0.3) is 0 Å². The third-order valence-electron chi connectivity index (χ3n) is 27.7. The van der Waals surface area contributed by atoms with Crippen LogP contribution in [0.1, 0.15) is 198 Å². The molecule has 0 aliphatic rings. The number of nitrogens with zero attached hydrogens (tertiary/aromatic N) is 7. The molecule has 25 heteroatoms. The highest BCUT2D eigenvalue weighted by Crippen LogP contribution is 2.49. The highest BCUT2D eigenvalue weighted by atomic mass is 16.2. The fourth-order valence-electron chi connectivity index (χ4n) is 18.7. The summed E-state index contributed by atoms with van der Waals surface area (Å²) in [5, 5.41) is 6.08. The van der Waals surface area contributed by atoms with Crippen molar-refractivity contribution in [1.29, 1.82) is 0 Å². The molecule has 0 spiro atoms. The van der Waals surface area contributed by atoms with E-state index in [4.69, 9.17) is 40.1 Å².